The second-order valence-electron chi connectivity index (χ2n) is 2.52. The monoisotopic (exact) mass is 163 g/mol. The molecule has 0 aliphatic heterocycles. The van der Waals surface area contributed by atoms with E-state index in [4.69, 9.17) is 0 Å². The Balaban J connectivity index is 2.54. The van der Waals surface area contributed by atoms with Crippen LogP contribution in [-0.2, 0) is 6.17 Å². The minimum Gasteiger partial charge on any atom is -0.357 e. The molecule has 0 saturated heterocycles. The van der Waals surface area contributed by atoms with E-state index in [0.717, 1.165) is 6.17 Å². The first-order valence-corrected chi connectivity index (χ1v) is 5.87. The first-order valence-electron chi connectivity index (χ1n) is 3.72. The van der Waals surface area contributed by atoms with Gasteiger partial charge in [-0.2, -0.15) is 0 Å². The molecule has 0 saturated carbocycles. The number of aromatic nitrogens is 1. The van der Waals surface area contributed by atoms with Crippen molar-refractivity contribution in [3.05, 3.63) is 49.1 Å². The van der Waals surface area contributed by atoms with Gasteiger partial charge in [-0.3, -0.25) is 0 Å². The normalized spacial score (nSPS) is 9.91. The van der Waals surface area contributed by atoms with Crippen molar-refractivity contribution in [2.24, 2.45) is 0 Å². The van der Waals surface area contributed by atoms with E-state index in [1.807, 2.05) is 23.5 Å². The summed E-state index contributed by atoms with van der Waals surface area (Å²) in [5.74, 6) is 0. The van der Waals surface area contributed by atoms with Crippen molar-refractivity contribution in [1.29, 1.82) is 0 Å². The molecule has 58 valence electrons. The quantitative estimate of drug-likeness (QED) is 0.595. The van der Waals surface area contributed by atoms with Gasteiger partial charge in [-0.25, -0.2) is 0 Å². The van der Waals surface area contributed by atoms with Gasteiger partial charge >= 0.3 is 0 Å². The van der Waals surface area contributed by atoms with E-state index in [2.05, 4.69) is 30.1 Å². The van der Waals surface area contributed by atoms with Crippen LogP contribution in [0.5, 0.6) is 0 Å². The van der Waals surface area contributed by atoms with E-state index in [1.165, 1.54) is 0 Å². The van der Waals surface area contributed by atoms with Crippen LogP contribution in [0.3, 0.4) is 0 Å². The van der Waals surface area contributed by atoms with Gasteiger partial charge in [0.25, 0.3) is 0 Å². The lowest BCUT2D eigenvalue weighted by Gasteiger charge is -2.05. The van der Waals surface area contributed by atoms with Crippen molar-refractivity contribution in [3.8, 4) is 0 Å². The van der Waals surface area contributed by atoms with Crippen LogP contribution < -0.4 is 0 Å². The maximum atomic E-state index is 3.79. The van der Waals surface area contributed by atoms with E-state index >= 15 is 0 Å². The molecule has 0 fully saturated rings. The van der Waals surface area contributed by atoms with Crippen molar-refractivity contribution in [2.45, 2.75) is 6.17 Å². The van der Waals surface area contributed by atoms with Gasteiger partial charge in [0, 0.05) is 18.6 Å². The fraction of sp³-hybridized carbons (Fsp3) is 0.111. The molecule has 1 rings (SSSR count). The van der Waals surface area contributed by atoms with E-state index in [9.17, 15) is 0 Å². The zero-order valence-electron chi connectivity index (χ0n) is 6.61. The molecular formula is C9H13NSi. The molecule has 1 heterocycles. The Bertz CT molecular complexity index is 218. The van der Waals surface area contributed by atoms with Gasteiger partial charge in [-0.1, -0.05) is 11.4 Å². The lowest BCUT2D eigenvalue weighted by atomic mass is 10.7. The van der Waals surface area contributed by atoms with Crippen LogP contribution in [0.25, 0.3) is 0 Å². The predicted octanol–water partition coefficient (Wildman–Crippen LogP) is 1.70. The van der Waals surface area contributed by atoms with Gasteiger partial charge in [0.1, 0.15) is 8.80 Å². The second kappa shape index (κ2) is 3.98. The molecular weight excluding hydrogens is 150 g/mol. The summed E-state index contributed by atoms with van der Waals surface area (Å²) in [5, 5.41) is 0. The SMILES string of the molecule is C=C[SiH](C=C)Cn1cccc1. The van der Waals surface area contributed by atoms with Gasteiger partial charge < -0.3 is 4.57 Å². The van der Waals surface area contributed by atoms with Gasteiger partial charge in [0.05, 0.1) is 0 Å². The molecule has 1 nitrogen and oxygen atoms in total. The van der Waals surface area contributed by atoms with E-state index in [-0.39, 0.29) is 0 Å². The lowest BCUT2D eigenvalue weighted by molar-refractivity contribution is 0.880. The van der Waals surface area contributed by atoms with Crippen LogP contribution in [-0.4, -0.2) is 13.4 Å². The summed E-state index contributed by atoms with van der Waals surface area (Å²) < 4.78 is 2.18. The van der Waals surface area contributed by atoms with Crippen LogP contribution in [0.15, 0.2) is 49.1 Å². The largest absolute Gasteiger partial charge is 0.357 e. The van der Waals surface area contributed by atoms with Crippen LogP contribution in [0.4, 0.5) is 0 Å². The standard InChI is InChI=1S/C9H13NSi/c1-3-11(4-2)9-10-7-5-6-8-10/h3-8,11H,1-2,9H2. The molecule has 2 heteroatoms. The zero-order chi connectivity index (χ0) is 8.10. The summed E-state index contributed by atoms with van der Waals surface area (Å²) >= 11 is 0. The Labute approximate surface area is 69.3 Å². The van der Waals surface area contributed by atoms with Crippen LogP contribution in [0, 0.1) is 0 Å². The molecule has 0 bridgehead atoms. The van der Waals surface area contributed by atoms with Gasteiger partial charge in [0.15, 0.2) is 0 Å². The molecule has 0 amide bonds. The highest BCUT2D eigenvalue weighted by molar-refractivity contribution is 6.68. The first-order chi connectivity index (χ1) is 5.36. The van der Waals surface area contributed by atoms with E-state index < -0.39 is 8.80 Å². The molecule has 0 spiro atoms. The minimum absolute atomic E-state index is 0.894. The topological polar surface area (TPSA) is 4.93 Å². The maximum Gasteiger partial charge on any atom is 0.105 e. The summed E-state index contributed by atoms with van der Waals surface area (Å²) in [7, 11) is -0.894. The summed E-state index contributed by atoms with van der Waals surface area (Å²) in [6.07, 6.45) is 5.24. The van der Waals surface area contributed by atoms with E-state index in [0.29, 0.717) is 0 Å². The van der Waals surface area contributed by atoms with Crippen molar-refractivity contribution in [2.75, 3.05) is 0 Å². The van der Waals surface area contributed by atoms with Gasteiger partial charge in [-0.05, 0) is 12.1 Å². The second-order valence-corrected chi connectivity index (χ2v) is 5.15. The predicted molar refractivity (Wildman–Crippen MR) is 52.0 cm³/mol. The molecule has 1 aromatic heterocycles. The molecule has 11 heavy (non-hydrogen) atoms. The molecule has 0 aliphatic rings. The Morgan fingerprint density at radius 2 is 1.73 bits per heavy atom. The van der Waals surface area contributed by atoms with Crippen molar-refractivity contribution in [1.82, 2.24) is 4.57 Å². The first kappa shape index (κ1) is 8.08. The number of rotatable bonds is 4. The Kier molecular flexibility index (Phi) is 2.92. The van der Waals surface area contributed by atoms with Crippen LogP contribution >= 0.6 is 0 Å². The third kappa shape index (κ3) is 2.24. The average Bonchev–Trinajstić information content (AvgIpc) is 2.52. The third-order valence-electron chi connectivity index (χ3n) is 1.69. The minimum atomic E-state index is -0.894. The summed E-state index contributed by atoms with van der Waals surface area (Å²) in [4.78, 5) is 0. The maximum absolute atomic E-state index is 3.79. The molecule has 0 aromatic carbocycles. The Morgan fingerprint density at radius 1 is 1.18 bits per heavy atom. The number of nitrogens with zero attached hydrogens (tertiary/aromatic N) is 1. The molecule has 0 N–H and O–H groups in total. The molecule has 1 aromatic rings. The molecule has 0 atom stereocenters. The smallest absolute Gasteiger partial charge is 0.105 e. The van der Waals surface area contributed by atoms with Crippen molar-refractivity contribution < 1.29 is 0 Å². The van der Waals surface area contributed by atoms with Gasteiger partial charge in [-0.15, -0.1) is 13.2 Å². The van der Waals surface area contributed by atoms with Crippen LogP contribution in [0.1, 0.15) is 0 Å². The molecule has 0 aliphatic carbocycles. The fourth-order valence-electron chi connectivity index (χ4n) is 0.981. The van der Waals surface area contributed by atoms with Gasteiger partial charge in [0.2, 0.25) is 0 Å². The Hall–Kier alpha value is -1.02. The molecule has 0 radical (unpaired) electrons. The fourth-order valence-corrected chi connectivity index (χ4v) is 2.20. The molecule has 0 unspecified atom stereocenters. The van der Waals surface area contributed by atoms with Crippen molar-refractivity contribution in [3.63, 3.8) is 0 Å². The number of hydrogen-bond donors (Lipinski definition) is 0. The van der Waals surface area contributed by atoms with Crippen molar-refractivity contribution >= 4 is 8.80 Å². The summed E-state index contributed by atoms with van der Waals surface area (Å²) in [6.45, 7) is 7.58. The third-order valence-corrected chi connectivity index (χ3v) is 3.75. The summed E-state index contributed by atoms with van der Waals surface area (Å²) in [5.41, 5.74) is 4.10. The average molecular weight is 163 g/mol. The lowest BCUT2D eigenvalue weighted by Crippen LogP contribution is -2.14. The zero-order valence-corrected chi connectivity index (χ0v) is 7.76. The number of hydrogen-bond acceptors (Lipinski definition) is 0. The highest BCUT2D eigenvalue weighted by atomic mass is 28.3. The Morgan fingerprint density at radius 3 is 2.18 bits per heavy atom. The highest BCUT2D eigenvalue weighted by Crippen LogP contribution is 1.94. The summed E-state index contributed by atoms with van der Waals surface area (Å²) in [6, 6.07) is 4.08. The highest BCUT2D eigenvalue weighted by Gasteiger charge is 1.99. The van der Waals surface area contributed by atoms with Crippen LogP contribution in [0.2, 0.25) is 0 Å². The van der Waals surface area contributed by atoms with E-state index in [1.54, 1.807) is 0 Å².